The molecule has 1 saturated heterocycles. The van der Waals surface area contributed by atoms with Gasteiger partial charge >= 0.3 is 0 Å². The highest BCUT2D eigenvalue weighted by atomic mass is 16.5. The fourth-order valence-corrected chi connectivity index (χ4v) is 3.75. The predicted molar refractivity (Wildman–Crippen MR) is 116 cm³/mol. The van der Waals surface area contributed by atoms with Crippen LogP contribution in [0, 0.1) is 0 Å². The molecule has 0 aliphatic carbocycles. The molecule has 164 valence electrons. The zero-order chi connectivity index (χ0) is 21.3. The molecule has 0 unspecified atom stereocenters. The number of anilines is 1. The number of piperazine rings is 1. The summed E-state index contributed by atoms with van der Waals surface area (Å²) in [7, 11) is 4.91. The molecule has 0 amide bonds. The lowest BCUT2D eigenvalue weighted by molar-refractivity contribution is -0.903. The maximum Gasteiger partial charge on any atom is 0.161 e. The van der Waals surface area contributed by atoms with Crippen molar-refractivity contribution in [2.45, 2.75) is 12.7 Å². The van der Waals surface area contributed by atoms with E-state index in [1.807, 2.05) is 30.3 Å². The lowest BCUT2D eigenvalue weighted by Crippen LogP contribution is -3.16. The number of benzene rings is 2. The van der Waals surface area contributed by atoms with Crippen LogP contribution >= 0.6 is 0 Å². The van der Waals surface area contributed by atoms with E-state index in [4.69, 9.17) is 18.9 Å². The Hall–Kier alpha value is -2.48. The Bertz CT molecular complexity index is 776. The highest BCUT2D eigenvalue weighted by Gasteiger charge is 2.22. The minimum absolute atomic E-state index is 0.319. The number of nitrogens with one attached hydrogen (secondary N) is 1. The molecule has 1 aliphatic rings. The minimum atomic E-state index is -0.479. The summed E-state index contributed by atoms with van der Waals surface area (Å²) < 4.78 is 21.5. The van der Waals surface area contributed by atoms with Gasteiger partial charge in [0.1, 0.15) is 18.4 Å². The van der Waals surface area contributed by atoms with E-state index in [-0.39, 0.29) is 0 Å². The molecule has 1 atom stereocenters. The van der Waals surface area contributed by atoms with Crippen molar-refractivity contribution in [3.63, 3.8) is 0 Å². The molecule has 1 heterocycles. The van der Waals surface area contributed by atoms with E-state index in [0.717, 1.165) is 37.5 Å². The summed E-state index contributed by atoms with van der Waals surface area (Å²) in [5.74, 6) is 2.25. The maximum absolute atomic E-state index is 10.4. The summed E-state index contributed by atoms with van der Waals surface area (Å²) in [6.07, 6.45) is -0.479. The van der Waals surface area contributed by atoms with Crippen molar-refractivity contribution in [3.05, 3.63) is 48.0 Å². The number of hydrogen-bond donors (Lipinski definition) is 2. The Morgan fingerprint density at radius 3 is 2.27 bits per heavy atom. The van der Waals surface area contributed by atoms with Crippen molar-refractivity contribution in [3.8, 4) is 17.2 Å². The van der Waals surface area contributed by atoms with Crippen LogP contribution in [-0.2, 0) is 11.3 Å². The average molecular weight is 418 g/mol. The van der Waals surface area contributed by atoms with Crippen LogP contribution in [-0.4, -0.2) is 71.9 Å². The molecule has 7 nitrogen and oxygen atoms in total. The molecule has 2 aromatic rings. The summed E-state index contributed by atoms with van der Waals surface area (Å²) in [5.41, 5.74) is 2.20. The van der Waals surface area contributed by atoms with E-state index >= 15 is 0 Å². The van der Waals surface area contributed by atoms with Gasteiger partial charge in [-0.3, -0.25) is 0 Å². The molecule has 2 N–H and O–H groups in total. The van der Waals surface area contributed by atoms with Gasteiger partial charge < -0.3 is 33.9 Å². The van der Waals surface area contributed by atoms with Crippen LogP contribution in [0.4, 0.5) is 5.69 Å². The van der Waals surface area contributed by atoms with E-state index in [1.54, 1.807) is 21.3 Å². The number of nitrogens with zero attached hydrogens (tertiary/aromatic N) is 1. The molecule has 1 fully saturated rings. The molecular formula is C23H33N2O5+. The Balaban J connectivity index is 1.38. The number of quaternary nitrogens is 1. The van der Waals surface area contributed by atoms with E-state index in [2.05, 4.69) is 17.0 Å². The zero-order valence-corrected chi connectivity index (χ0v) is 18.1. The van der Waals surface area contributed by atoms with Crippen LogP contribution in [0.1, 0.15) is 5.56 Å². The van der Waals surface area contributed by atoms with Gasteiger partial charge in [-0.1, -0.05) is 6.07 Å². The number of aliphatic hydroxyl groups excluding tert-OH is 1. The monoisotopic (exact) mass is 417 g/mol. The zero-order valence-electron chi connectivity index (χ0n) is 18.1. The first-order valence-corrected chi connectivity index (χ1v) is 10.3. The van der Waals surface area contributed by atoms with Gasteiger partial charge in [-0.25, -0.2) is 0 Å². The van der Waals surface area contributed by atoms with E-state index < -0.39 is 6.10 Å². The van der Waals surface area contributed by atoms with Gasteiger partial charge in [0.15, 0.2) is 11.5 Å². The van der Waals surface area contributed by atoms with Gasteiger partial charge in [0, 0.05) is 5.69 Å². The van der Waals surface area contributed by atoms with Crippen LogP contribution in [0.3, 0.4) is 0 Å². The molecule has 0 aromatic heterocycles. The Morgan fingerprint density at radius 1 is 0.933 bits per heavy atom. The van der Waals surface area contributed by atoms with E-state index in [9.17, 15) is 5.11 Å². The van der Waals surface area contributed by atoms with Crippen LogP contribution in [0.15, 0.2) is 42.5 Å². The molecular weight excluding hydrogens is 384 g/mol. The number of ether oxygens (including phenoxy) is 4. The van der Waals surface area contributed by atoms with Crippen molar-refractivity contribution in [1.82, 2.24) is 0 Å². The number of rotatable bonds is 10. The Morgan fingerprint density at radius 2 is 1.63 bits per heavy atom. The third kappa shape index (κ3) is 6.01. The second-order valence-electron chi connectivity index (χ2n) is 7.50. The van der Waals surface area contributed by atoms with Crippen molar-refractivity contribution < 1.29 is 29.0 Å². The SMILES string of the molecule is COc1ccc(N2CC[NH+](C[C@@H](O)COCc3ccc(OC)c(OC)c3)CC2)cc1. The Labute approximate surface area is 178 Å². The standard InChI is InChI=1S/C23H32N2O5/c1-27-21-7-5-19(6-8-21)25-12-10-24(11-13-25)15-20(26)17-30-16-18-4-9-22(28-2)23(14-18)29-3/h4-9,14,20,26H,10-13,15-17H2,1-3H3/p+1/t20-/m1/s1. The average Bonchev–Trinajstić information content (AvgIpc) is 2.79. The lowest BCUT2D eigenvalue weighted by Gasteiger charge is -2.34. The van der Waals surface area contributed by atoms with Crippen LogP contribution in [0.2, 0.25) is 0 Å². The third-order valence-corrected chi connectivity index (χ3v) is 5.46. The van der Waals surface area contributed by atoms with Crippen LogP contribution in [0.25, 0.3) is 0 Å². The summed E-state index contributed by atoms with van der Waals surface area (Å²) in [5, 5.41) is 10.4. The predicted octanol–water partition coefficient (Wildman–Crippen LogP) is 0.995. The third-order valence-electron chi connectivity index (χ3n) is 5.46. The summed E-state index contributed by atoms with van der Waals surface area (Å²) in [6, 6.07) is 13.9. The largest absolute Gasteiger partial charge is 0.497 e. The van der Waals surface area contributed by atoms with Crippen molar-refractivity contribution >= 4 is 5.69 Å². The quantitative estimate of drug-likeness (QED) is 0.601. The highest BCUT2D eigenvalue weighted by molar-refractivity contribution is 5.49. The molecule has 0 saturated carbocycles. The van der Waals surface area contributed by atoms with Crippen molar-refractivity contribution in [2.75, 3.05) is 65.6 Å². The van der Waals surface area contributed by atoms with E-state index in [1.165, 1.54) is 10.6 Å². The van der Waals surface area contributed by atoms with Gasteiger partial charge in [0.05, 0.1) is 60.7 Å². The van der Waals surface area contributed by atoms with Gasteiger partial charge in [-0.05, 0) is 42.0 Å². The molecule has 0 bridgehead atoms. The normalized spacial score (nSPS) is 15.7. The molecule has 1 aliphatic heterocycles. The Kier molecular flexibility index (Phi) is 8.19. The minimum Gasteiger partial charge on any atom is -0.497 e. The first-order valence-electron chi connectivity index (χ1n) is 10.3. The first-order chi connectivity index (χ1) is 14.6. The van der Waals surface area contributed by atoms with Crippen molar-refractivity contribution in [2.24, 2.45) is 0 Å². The van der Waals surface area contributed by atoms with Gasteiger partial charge in [-0.2, -0.15) is 0 Å². The second-order valence-corrected chi connectivity index (χ2v) is 7.50. The summed E-state index contributed by atoms with van der Waals surface area (Å²) in [6.45, 7) is 5.39. The number of aliphatic hydroxyl groups is 1. The highest BCUT2D eigenvalue weighted by Crippen LogP contribution is 2.27. The van der Waals surface area contributed by atoms with Gasteiger partial charge in [-0.15, -0.1) is 0 Å². The van der Waals surface area contributed by atoms with Crippen LogP contribution < -0.4 is 24.0 Å². The van der Waals surface area contributed by atoms with Crippen molar-refractivity contribution in [1.29, 1.82) is 0 Å². The second kappa shape index (κ2) is 11.1. The lowest BCUT2D eigenvalue weighted by atomic mass is 10.2. The molecule has 30 heavy (non-hydrogen) atoms. The molecule has 7 heteroatoms. The number of hydrogen-bond acceptors (Lipinski definition) is 6. The number of methoxy groups -OCH3 is 3. The van der Waals surface area contributed by atoms with Gasteiger partial charge in [0.25, 0.3) is 0 Å². The summed E-state index contributed by atoms with van der Waals surface area (Å²) in [4.78, 5) is 3.78. The fraction of sp³-hybridized carbons (Fsp3) is 0.478. The van der Waals surface area contributed by atoms with E-state index in [0.29, 0.717) is 31.3 Å². The molecule has 3 rings (SSSR count). The molecule has 0 spiro atoms. The first kappa shape index (κ1) is 22.2. The smallest absolute Gasteiger partial charge is 0.161 e. The van der Waals surface area contributed by atoms with Gasteiger partial charge in [0.2, 0.25) is 0 Å². The summed E-state index contributed by atoms with van der Waals surface area (Å²) >= 11 is 0. The van der Waals surface area contributed by atoms with Crippen LogP contribution in [0.5, 0.6) is 17.2 Å². The molecule has 2 aromatic carbocycles. The maximum atomic E-state index is 10.4. The fourth-order valence-electron chi connectivity index (χ4n) is 3.75. The topological polar surface area (TPSA) is 64.8 Å². The molecule has 0 radical (unpaired) electrons.